The summed E-state index contributed by atoms with van der Waals surface area (Å²) in [5.41, 5.74) is 4.40. The lowest BCUT2D eigenvalue weighted by atomic mass is 9.93. The first-order valence-electron chi connectivity index (χ1n) is 6.26. The Morgan fingerprint density at radius 2 is 1.95 bits per heavy atom. The number of hydrogen-bond acceptors (Lipinski definition) is 2. The smallest absolute Gasteiger partial charge is 0.119 e. The summed E-state index contributed by atoms with van der Waals surface area (Å²) in [5.74, 6) is 0.888. The van der Waals surface area contributed by atoms with Gasteiger partial charge in [-0.1, -0.05) is 29.8 Å². The Balaban J connectivity index is 2.11. The van der Waals surface area contributed by atoms with Crippen LogP contribution >= 0.6 is 11.6 Å². The van der Waals surface area contributed by atoms with Crippen LogP contribution in [0, 0.1) is 0 Å². The van der Waals surface area contributed by atoms with Gasteiger partial charge in [-0.05, 0) is 36.2 Å². The van der Waals surface area contributed by atoms with Crippen molar-refractivity contribution in [2.75, 3.05) is 13.7 Å². The van der Waals surface area contributed by atoms with E-state index in [9.17, 15) is 0 Å². The van der Waals surface area contributed by atoms with E-state index in [0.717, 1.165) is 40.6 Å². The molecule has 0 fully saturated rings. The molecule has 1 aliphatic heterocycles. The minimum atomic E-state index is 0.741. The number of fused-ring (bicyclic) bond motifs is 1. The number of hydrogen-bond donors (Lipinski definition) is 0. The van der Waals surface area contributed by atoms with Crippen LogP contribution < -0.4 is 4.74 Å². The predicted octanol–water partition coefficient (Wildman–Crippen LogP) is 3.74. The van der Waals surface area contributed by atoms with Crippen molar-refractivity contribution in [3.05, 3.63) is 64.2 Å². The fraction of sp³-hybridized carbons (Fsp3) is 0.188. The predicted molar refractivity (Wildman–Crippen MR) is 78.7 cm³/mol. The number of aliphatic imine (C=N–C) groups is 1. The van der Waals surface area contributed by atoms with Gasteiger partial charge in [0.25, 0.3) is 0 Å². The average molecular weight is 272 g/mol. The largest absolute Gasteiger partial charge is 0.497 e. The Labute approximate surface area is 117 Å². The van der Waals surface area contributed by atoms with Gasteiger partial charge in [-0.2, -0.15) is 0 Å². The third-order valence-corrected chi connectivity index (χ3v) is 3.68. The number of rotatable bonds is 2. The van der Waals surface area contributed by atoms with Gasteiger partial charge in [0.2, 0.25) is 0 Å². The van der Waals surface area contributed by atoms with E-state index >= 15 is 0 Å². The van der Waals surface area contributed by atoms with Crippen LogP contribution in [0.5, 0.6) is 5.75 Å². The summed E-state index contributed by atoms with van der Waals surface area (Å²) in [7, 11) is 1.69. The van der Waals surface area contributed by atoms with Crippen LogP contribution in [0.4, 0.5) is 0 Å². The number of methoxy groups -OCH3 is 1. The van der Waals surface area contributed by atoms with Gasteiger partial charge in [-0.15, -0.1) is 0 Å². The third kappa shape index (κ3) is 2.24. The Hall–Kier alpha value is -1.80. The van der Waals surface area contributed by atoms with Crippen molar-refractivity contribution in [3.8, 4) is 5.75 Å². The lowest BCUT2D eigenvalue weighted by Crippen LogP contribution is -2.14. The molecule has 0 aromatic heterocycles. The van der Waals surface area contributed by atoms with Crippen LogP contribution in [-0.2, 0) is 6.42 Å². The van der Waals surface area contributed by atoms with Crippen molar-refractivity contribution in [2.45, 2.75) is 6.42 Å². The minimum absolute atomic E-state index is 0.741. The molecular formula is C16H14ClNO. The molecule has 96 valence electrons. The lowest BCUT2D eigenvalue weighted by Gasteiger charge is -2.18. The second-order valence-corrected chi connectivity index (χ2v) is 4.89. The van der Waals surface area contributed by atoms with E-state index in [1.54, 1.807) is 7.11 Å². The van der Waals surface area contributed by atoms with Gasteiger partial charge in [0.1, 0.15) is 5.75 Å². The second-order valence-electron chi connectivity index (χ2n) is 4.48. The molecule has 0 bridgehead atoms. The zero-order valence-corrected chi connectivity index (χ0v) is 11.4. The molecule has 1 heterocycles. The van der Waals surface area contributed by atoms with E-state index < -0.39 is 0 Å². The third-order valence-electron chi connectivity index (χ3n) is 3.35. The van der Waals surface area contributed by atoms with Gasteiger partial charge < -0.3 is 4.74 Å². The number of halogens is 1. The van der Waals surface area contributed by atoms with Crippen molar-refractivity contribution < 1.29 is 4.74 Å². The van der Waals surface area contributed by atoms with Crippen LogP contribution in [-0.4, -0.2) is 19.4 Å². The molecule has 3 rings (SSSR count). The molecule has 0 N–H and O–H groups in total. The van der Waals surface area contributed by atoms with Gasteiger partial charge in [0, 0.05) is 22.7 Å². The van der Waals surface area contributed by atoms with Crippen molar-refractivity contribution in [3.63, 3.8) is 0 Å². The highest BCUT2D eigenvalue weighted by atomic mass is 35.5. The molecule has 0 radical (unpaired) electrons. The Bertz CT molecular complexity index is 649. The van der Waals surface area contributed by atoms with Crippen molar-refractivity contribution in [1.82, 2.24) is 0 Å². The maximum Gasteiger partial charge on any atom is 0.119 e. The van der Waals surface area contributed by atoms with Crippen LogP contribution in [0.15, 0.2) is 47.5 Å². The average Bonchev–Trinajstić information content (AvgIpc) is 2.46. The minimum Gasteiger partial charge on any atom is -0.497 e. The van der Waals surface area contributed by atoms with Gasteiger partial charge in [-0.25, -0.2) is 0 Å². The summed E-state index contributed by atoms with van der Waals surface area (Å²) in [5, 5.41) is 0.741. The Morgan fingerprint density at radius 1 is 1.11 bits per heavy atom. The van der Waals surface area contributed by atoms with Gasteiger partial charge in [0.15, 0.2) is 0 Å². The van der Waals surface area contributed by atoms with E-state index in [-0.39, 0.29) is 0 Å². The summed E-state index contributed by atoms with van der Waals surface area (Å²) < 4.78 is 5.28. The first-order valence-corrected chi connectivity index (χ1v) is 6.64. The topological polar surface area (TPSA) is 21.6 Å². The van der Waals surface area contributed by atoms with E-state index in [1.807, 2.05) is 30.3 Å². The van der Waals surface area contributed by atoms with Crippen LogP contribution in [0.3, 0.4) is 0 Å². The molecule has 0 unspecified atom stereocenters. The standard InChI is InChI=1S/C16H14ClNO/c1-19-12-6-7-13-11(10-12)8-9-18-16(13)14-4-2-3-5-15(14)17/h2-7,10H,8-9H2,1H3. The van der Waals surface area contributed by atoms with Crippen molar-refractivity contribution in [2.24, 2.45) is 4.99 Å². The van der Waals surface area contributed by atoms with E-state index in [4.69, 9.17) is 16.3 Å². The molecule has 0 spiro atoms. The molecular weight excluding hydrogens is 258 g/mol. The zero-order chi connectivity index (χ0) is 13.2. The summed E-state index contributed by atoms with van der Waals surface area (Å²) in [6.07, 6.45) is 0.945. The van der Waals surface area contributed by atoms with E-state index in [0.29, 0.717) is 0 Å². The SMILES string of the molecule is COc1ccc2c(c1)CCN=C2c1ccccc1Cl. The molecule has 0 aliphatic carbocycles. The van der Waals surface area contributed by atoms with Gasteiger partial charge in [-0.3, -0.25) is 4.99 Å². The van der Waals surface area contributed by atoms with Crippen LogP contribution in [0.25, 0.3) is 0 Å². The second kappa shape index (κ2) is 5.06. The fourth-order valence-corrected chi connectivity index (χ4v) is 2.62. The molecule has 2 nitrogen and oxygen atoms in total. The number of nitrogens with zero attached hydrogens (tertiary/aromatic N) is 1. The summed E-state index contributed by atoms with van der Waals surface area (Å²) in [6.45, 7) is 0.792. The quantitative estimate of drug-likeness (QED) is 0.815. The molecule has 3 heteroatoms. The van der Waals surface area contributed by atoms with Gasteiger partial charge in [0.05, 0.1) is 12.8 Å². The Kier molecular flexibility index (Phi) is 3.26. The Morgan fingerprint density at radius 3 is 2.74 bits per heavy atom. The first kappa shape index (κ1) is 12.2. The van der Waals surface area contributed by atoms with Gasteiger partial charge >= 0.3 is 0 Å². The van der Waals surface area contributed by atoms with Crippen molar-refractivity contribution >= 4 is 17.3 Å². The molecule has 19 heavy (non-hydrogen) atoms. The molecule has 2 aromatic rings. The fourth-order valence-electron chi connectivity index (χ4n) is 2.39. The molecule has 2 aromatic carbocycles. The summed E-state index contributed by atoms with van der Waals surface area (Å²) in [6, 6.07) is 14.0. The highest BCUT2D eigenvalue weighted by Gasteiger charge is 2.18. The first-order chi connectivity index (χ1) is 9.29. The van der Waals surface area contributed by atoms with E-state index in [2.05, 4.69) is 17.1 Å². The number of benzene rings is 2. The molecule has 0 amide bonds. The summed E-state index contributed by atoms with van der Waals surface area (Å²) >= 11 is 6.28. The highest BCUT2D eigenvalue weighted by Crippen LogP contribution is 2.27. The van der Waals surface area contributed by atoms with Crippen molar-refractivity contribution in [1.29, 1.82) is 0 Å². The highest BCUT2D eigenvalue weighted by molar-refractivity contribution is 6.35. The molecule has 0 saturated carbocycles. The van der Waals surface area contributed by atoms with Crippen LogP contribution in [0.2, 0.25) is 5.02 Å². The zero-order valence-electron chi connectivity index (χ0n) is 10.7. The lowest BCUT2D eigenvalue weighted by molar-refractivity contribution is 0.414. The maximum absolute atomic E-state index is 6.28. The molecule has 0 atom stereocenters. The monoisotopic (exact) mass is 271 g/mol. The number of ether oxygens (including phenoxy) is 1. The van der Waals surface area contributed by atoms with Crippen LogP contribution in [0.1, 0.15) is 16.7 Å². The maximum atomic E-state index is 6.28. The summed E-state index contributed by atoms with van der Waals surface area (Å²) in [4.78, 5) is 4.65. The molecule has 1 aliphatic rings. The van der Waals surface area contributed by atoms with E-state index in [1.165, 1.54) is 5.56 Å². The molecule has 0 saturated heterocycles. The normalized spacial score (nSPS) is 13.7.